The van der Waals surface area contributed by atoms with E-state index in [1.807, 2.05) is 13.8 Å². The van der Waals surface area contributed by atoms with E-state index in [0.717, 1.165) is 0 Å². The molecule has 2 N–H and O–H groups in total. The first-order valence-electron chi connectivity index (χ1n) is 8.58. The smallest absolute Gasteiger partial charge is 0.320 e. The molecule has 0 saturated carbocycles. The first kappa shape index (κ1) is 23.6. The van der Waals surface area contributed by atoms with Crippen LogP contribution in [0.2, 0.25) is 10.0 Å². The minimum atomic E-state index is -4.65. The molecule has 0 saturated heterocycles. The summed E-state index contributed by atoms with van der Waals surface area (Å²) >= 11 is 11.8. The molecule has 160 valence electrons. The van der Waals surface area contributed by atoms with Gasteiger partial charge in [0.1, 0.15) is 5.69 Å². The number of aryl methyl sites for hydroxylation is 1. The lowest BCUT2D eigenvalue weighted by molar-refractivity contribution is -0.137. The lowest BCUT2D eigenvalue weighted by atomic mass is 10.1. The van der Waals surface area contributed by atoms with Gasteiger partial charge in [0.05, 0.1) is 21.8 Å². The molecular formula is C19H17Cl2F3N4O2. The van der Waals surface area contributed by atoms with Crippen LogP contribution >= 0.6 is 23.2 Å². The minimum Gasteiger partial charge on any atom is -0.320 e. The third-order valence-electron chi connectivity index (χ3n) is 3.71. The first-order chi connectivity index (χ1) is 13.9. The molecule has 0 unspecified atom stereocenters. The molecule has 0 atom stereocenters. The summed E-state index contributed by atoms with van der Waals surface area (Å²) in [4.78, 5) is 28.6. The molecule has 0 spiro atoms. The summed E-state index contributed by atoms with van der Waals surface area (Å²) in [6, 6.07) is 3.44. The number of alkyl halides is 3. The lowest BCUT2D eigenvalue weighted by Gasteiger charge is -2.14. The molecule has 0 bridgehead atoms. The Morgan fingerprint density at radius 2 is 1.83 bits per heavy atom. The molecule has 6 nitrogen and oxygen atoms in total. The molecule has 0 fully saturated rings. The van der Waals surface area contributed by atoms with Crippen LogP contribution in [0.15, 0.2) is 29.5 Å². The van der Waals surface area contributed by atoms with Gasteiger partial charge in [-0.3, -0.25) is 9.59 Å². The van der Waals surface area contributed by atoms with Gasteiger partial charge in [0.2, 0.25) is 0 Å². The van der Waals surface area contributed by atoms with Gasteiger partial charge >= 0.3 is 6.18 Å². The van der Waals surface area contributed by atoms with E-state index in [9.17, 15) is 22.8 Å². The van der Waals surface area contributed by atoms with Crippen molar-refractivity contribution in [1.29, 1.82) is 0 Å². The van der Waals surface area contributed by atoms with Crippen LogP contribution in [0.25, 0.3) is 0 Å². The highest BCUT2D eigenvalue weighted by Gasteiger charge is 2.32. The SMILES string of the molecule is Cc1cc(Cl)cc(C(=O)NN=CC(C)C)c1NC(=O)c1ncc(C(F)(F)F)cc1Cl. The number of hydrogen-bond acceptors (Lipinski definition) is 4. The van der Waals surface area contributed by atoms with Crippen LogP contribution in [-0.4, -0.2) is 23.0 Å². The van der Waals surface area contributed by atoms with E-state index in [2.05, 4.69) is 20.8 Å². The maximum Gasteiger partial charge on any atom is 0.417 e. The zero-order chi connectivity index (χ0) is 22.6. The number of hydrazone groups is 1. The van der Waals surface area contributed by atoms with Gasteiger partial charge in [-0.15, -0.1) is 0 Å². The maximum absolute atomic E-state index is 12.8. The number of nitrogens with zero attached hydrogens (tertiary/aromatic N) is 2. The van der Waals surface area contributed by atoms with Crippen LogP contribution in [-0.2, 0) is 6.18 Å². The van der Waals surface area contributed by atoms with E-state index < -0.39 is 34.3 Å². The van der Waals surface area contributed by atoms with Gasteiger partial charge in [-0.2, -0.15) is 18.3 Å². The van der Waals surface area contributed by atoms with Crippen molar-refractivity contribution in [1.82, 2.24) is 10.4 Å². The molecular weight excluding hydrogens is 444 g/mol. The quantitative estimate of drug-likeness (QED) is 0.466. The highest BCUT2D eigenvalue weighted by molar-refractivity contribution is 6.34. The molecule has 1 heterocycles. The van der Waals surface area contributed by atoms with Crippen LogP contribution in [0.3, 0.4) is 0 Å². The average Bonchev–Trinajstić information content (AvgIpc) is 2.62. The Morgan fingerprint density at radius 3 is 2.40 bits per heavy atom. The summed E-state index contributed by atoms with van der Waals surface area (Å²) in [5.41, 5.74) is 1.36. The fraction of sp³-hybridized carbons (Fsp3) is 0.263. The van der Waals surface area contributed by atoms with E-state index in [0.29, 0.717) is 17.8 Å². The molecule has 30 heavy (non-hydrogen) atoms. The summed E-state index contributed by atoms with van der Waals surface area (Å²) in [6.45, 7) is 5.33. The Labute approximate surface area is 180 Å². The Bertz CT molecular complexity index is 1010. The highest BCUT2D eigenvalue weighted by atomic mass is 35.5. The summed E-state index contributed by atoms with van der Waals surface area (Å²) in [5, 5.41) is 6.03. The average molecular weight is 461 g/mol. The number of pyridine rings is 1. The van der Waals surface area contributed by atoms with E-state index in [1.165, 1.54) is 18.3 Å². The van der Waals surface area contributed by atoms with Crippen LogP contribution in [0.4, 0.5) is 18.9 Å². The number of rotatable bonds is 5. The van der Waals surface area contributed by atoms with E-state index >= 15 is 0 Å². The summed E-state index contributed by atoms with van der Waals surface area (Å²) in [5.74, 6) is -1.43. The molecule has 2 amide bonds. The van der Waals surface area contributed by atoms with Crippen molar-refractivity contribution < 1.29 is 22.8 Å². The van der Waals surface area contributed by atoms with Gasteiger partial charge in [-0.1, -0.05) is 37.0 Å². The molecule has 0 radical (unpaired) electrons. The summed E-state index contributed by atoms with van der Waals surface area (Å²) < 4.78 is 38.3. The van der Waals surface area contributed by atoms with E-state index in [1.54, 1.807) is 6.92 Å². The molecule has 0 aliphatic rings. The zero-order valence-electron chi connectivity index (χ0n) is 16.1. The molecule has 1 aromatic carbocycles. The molecule has 0 aliphatic carbocycles. The van der Waals surface area contributed by atoms with Crippen molar-refractivity contribution in [2.24, 2.45) is 11.0 Å². The maximum atomic E-state index is 12.8. The number of carbonyl (C=O) groups excluding carboxylic acids is 2. The van der Waals surface area contributed by atoms with Gasteiger partial charge in [-0.05, 0) is 36.6 Å². The number of halogens is 5. The largest absolute Gasteiger partial charge is 0.417 e. The summed E-state index contributed by atoms with van der Waals surface area (Å²) in [6.07, 6.45) is -2.64. The molecule has 11 heteroatoms. The monoisotopic (exact) mass is 460 g/mol. The topological polar surface area (TPSA) is 83.5 Å². The third kappa shape index (κ3) is 5.93. The second kappa shape index (κ2) is 9.44. The molecule has 2 rings (SSSR count). The standard InChI is InChI=1S/C19H17Cl2F3N4O2/c1-9(2)7-26-28-17(29)13-6-12(20)4-10(3)15(13)27-18(30)16-14(21)5-11(8-25-16)19(22,23)24/h4-9H,1-3H3,(H,27,30)(H,28,29). The fourth-order valence-electron chi connectivity index (χ4n) is 2.33. The molecule has 2 aromatic rings. The van der Waals surface area contributed by atoms with Crippen LogP contribution in [0.1, 0.15) is 45.8 Å². The van der Waals surface area contributed by atoms with E-state index in [4.69, 9.17) is 23.2 Å². The number of aromatic nitrogens is 1. The van der Waals surface area contributed by atoms with Gasteiger partial charge < -0.3 is 5.32 Å². The van der Waals surface area contributed by atoms with Crippen LogP contribution in [0.5, 0.6) is 0 Å². The lowest BCUT2D eigenvalue weighted by Crippen LogP contribution is -2.23. The Kier molecular flexibility index (Phi) is 7.44. The van der Waals surface area contributed by atoms with Crippen LogP contribution < -0.4 is 10.7 Å². The van der Waals surface area contributed by atoms with Crippen molar-refractivity contribution in [3.05, 3.63) is 56.8 Å². The number of amides is 2. The predicted octanol–water partition coefficient (Wildman–Crippen LogP) is 5.34. The number of carbonyl (C=O) groups is 2. The predicted molar refractivity (Wildman–Crippen MR) is 109 cm³/mol. The number of hydrogen-bond donors (Lipinski definition) is 2. The Hall–Kier alpha value is -2.65. The Balaban J connectivity index is 2.36. The molecule has 0 aliphatic heterocycles. The van der Waals surface area contributed by atoms with Gasteiger partial charge in [0.25, 0.3) is 11.8 Å². The first-order valence-corrected chi connectivity index (χ1v) is 9.33. The summed E-state index contributed by atoms with van der Waals surface area (Å²) in [7, 11) is 0. The Morgan fingerprint density at radius 1 is 1.17 bits per heavy atom. The highest BCUT2D eigenvalue weighted by Crippen LogP contribution is 2.32. The van der Waals surface area contributed by atoms with Gasteiger partial charge in [0.15, 0.2) is 0 Å². The molecule has 1 aromatic heterocycles. The van der Waals surface area contributed by atoms with Gasteiger partial charge in [-0.25, -0.2) is 10.4 Å². The van der Waals surface area contributed by atoms with Crippen molar-refractivity contribution >= 4 is 46.9 Å². The van der Waals surface area contributed by atoms with Crippen LogP contribution in [0, 0.1) is 12.8 Å². The normalized spacial score (nSPS) is 11.8. The fourth-order valence-corrected chi connectivity index (χ4v) is 2.85. The van der Waals surface area contributed by atoms with Crippen molar-refractivity contribution in [2.75, 3.05) is 5.32 Å². The number of benzene rings is 1. The van der Waals surface area contributed by atoms with E-state index in [-0.39, 0.29) is 22.2 Å². The second-order valence-electron chi connectivity index (χ2n) is 6.61. The number of anilines is 1. The van der Waals surface area contributed by atoms with Crippen molar-refractivity contribution in [3.63, 3.8) is 0 Å². The second-order valence-corrected chi connectivity index (χ2v) is 7.46. The number of nitrogens with one attached hydrogen (secondary N) is 2. The van der Waals surface area contributed by atoms with Crippen molar-refractivity contribution in [2.45, 2.75) is 26.9 Å². The zero-order valence-corrected chi connectivity index (χ0v) is 17.6. The van der Waals surface area contributed by atoms with Gasteiger partial charge in [0, 0.05) is 17.4 Å². The van der Waals surface area contributed by atoms with Crippen molar-refractivity contribution in [3.8, 4) is 0 Å². The minimum absolute atomic E-state index is 0.0114. The third-order valence-corrected chi connectivity index (χ3v) is 4.21.